The first-order valence-corrected chi connectivity index (χ1v) is 8.37. The standard InChI is InChI=1S/C19H31N/c1-16(2)14-19(11-7-8-12-19)15-20-17(3)13-18-9-5-4-6-10-18/h4-6,9-10,16-17,20H,7-8,11-15H2,1-3H3. The molecule has 1 atom stereocenters. The second-order valence-electron chi connectivity index (χ2n) is 7.28. The Bertz CT molecular complexity index is 376. The quantitative estimate of drug-likeness (QED) is 0.751. The van der Waals surface area contributed by atoms with E-state index in [9.17, 15) is 0 Å². The zero-order valence-electron chi connectivity index (χ0n) is 13.5. The van der Waals surface area contributed by atoms with Crippen molar-refractivity contribution in [2.75, 3.05) is 6.54 Å². The van der Waals surface area contributed by atoms with Crippen LogP contribution in [0.5, 0.6) is 0 Å². The Hall–Kier alpha value is -0.820. The second kappa shape index (κ2) is 7.26. The van der Waals surface area contributed by atoms with Crippen molar-refractivity contribution >= 4 is 0 Å². The van der Waals surface area contributed by atoms with Gasteiger partial charge in [-0.15, -0.1) is 0 Å². The molecular formula is C19H31N. The third-order valence-corrected chi connectivity index (χ3v) is 4.72. The van der Waals surface area contributed by atoms with E-state index in [1.165, 1.54) is 44.2 Å². The highest BCUT2D eigenvalue weighted by Crippen LogP contribution is 2.42. The Labute approximate surface area is 125 Å². The molecule has 1 saturated carbocycles. The van der Waals surface area contributed by atoms with Crippen LogP contribution in [0.4, 0.5) is 0 Å². The monoisotopic (exact) mass is 273 g/mol. The predicted molar refractivity (Wildman–Crippen MR) is 88.0 cm³/mol. The predicted octanol–water partition coefficient (Wildman–Crippen LogP) is 4.81. The summed E-state index contributed by atoms with van der Waals surface area (Å²) in [6.45, 7) is 8.27. The van der Waals surface area contributed by atoms with Crippen molar-refractivity contribution in [2.24, 2.45) is 11.3 Å². The molecule has 1 aliphatic rings. The summed E-state index contributed by atoms with van der Waals surface area (Å²) in [5.41, 5.74) is 2.02. The zero-order valence-corrected chi connectivity index (χ0v) is 13.5. The van der Waals surface area contributed by atoms with Crippen molar-refractivity contribution in [1.29, 1.82) is 0 Å². The average molecular weight is 273 g/mol. The normalized spacial score (nSPS) is 19.4. The molecule has 2 rings (SSSR count). The summed E-state index contributed by atoms with van der Waals surface area (Å²) in [6, 6.07) is 11.4. The van der Waals surface area contributed by atoms with Crippen LogP contribution in [-0.4, -0.2) is 12.6 Å². The first-order valence-electron chi connectivity index (χ1n) is 8.37. The van der Waals surface area contributed by atoms with Gasteiger partial charge in [-0.3, -0.25) is 0 Å². The van der Waals surface area contributed by atoms with E-state index in [0.717, 1.165) is 12.3 Å². The molecule has 1 aromatic rings. The third-order valence-electron chi connectivity index (χ3n) is 4.72. The van der Waals surface area contributed by atoms with Gasteiger partial charge >= 0.3 is 0 Å². The Balaban J connectivity index is 1.83. The van der Waals surface area contributed by atoms with Crippen LogP contribution in [0, 0.1) is 11.3 Å². The van der Waals surface area contributed by atoms with Gasteiger partial charge in [0.15, 0.2) is 0 Å². The highest BCUT2D eigenvalue weighted by Gasteiger charge is 2.34. The van der Waals surface area contributed by atoms with E-state index in [0.29, 0.717) is 11.5 Å². The van der Waals surface area contributed by atoms with E-state index in [1.807, 2.05) is 0 Å². The number of hydrogen-bond acceptors (Lipinski definition) is 1. The van der Waals surface area contributed by atoms with Crippen LogP contribution in [-0.2, 0) is 6.42 Å². The van der Waals surface area contributed by atoms with Crippen LogP contribution in [0.2, 0.25) is 0 Å². The van der Waals surface area contributed by atoms with Gasteiger partial charge < -0.3 is 5.32 Å². The van der Waals surface area contributed by atoms with Crippen molar-refractivity contribution in [3.8, 4) is 0 Å². The Morgan fingerprint density at radius 3 is 2.30 bits per heavy atom. The van der Waals surface area contributed by atoms with Crippen LogP contribution in [0.15, 0.2) is 30.3 Å². The highest BCUT2D eigenvalue weighted by atomic mass is 14.9. The summed E-state index contributed by atoms with van der Waals surface area (Å²) >= 11 is 0. The molecule has 1 aromatic carbocycles. The van der Waals surface area contributed by atoms with E-state index in [-0.39, 0.29) is 0 Å². The number of hydrogen-bond donors (Lipinski definition) is 1. The summed E-state index contributed by atoms with van der Waals surface area (Å²) in [4.78, 5) is 0. The van der Waals surface area contributed by atoms with Crippen molar-refractivity contribution in [2.45, 2.75) is 65.3 Å². The SMILES string of the molecule is CC(C)CC1(CNC(C)Cc2ccccc2)CCCC1. The smallest absolute Gasteiger partial charge is 0.00793 e. The van der Waals surface area contributed by atoms with Crippen LogP contribution < -0.4 is 5.32 Å². The Morgan fingerprint density at radius 2 is 1.70 bits per heavy atom. The molecule has 1 fully saturated rings. The fourth-order valence-electron chi connectivity index (χ4n) is 3.87. The van der Waals surface area contributed by atoms with Crippen molar-refractivity contribution in [3.05, 3.63) is 35.9 Å². The maximum atomic E-state index is 3.82. The van der Waals surface area contributed by atoms with E-state index in [2.05, 4.69) is 56.4 Å². The summed E-state index contributed by atoms with van der Waals surface area (Å²) in [7, 11) is 0. The van der Waals surface area contributed by atoms with Gasteiger partial charge in [0.05, 0.1) is 0 Å². The second-order valence-corrected chi connectivity index (χ2v) is 7.28. The molecule has 0 heterocycles. The topological polar surface area (TPSA) is 12.0 Å². The largest absolute Gasteiger partial charge is 0.313 e. The lowest BCUT2D eigenvalue weighted by molar-refractivity contribution is 0.216. The highest BCUT2D eigenvalue weighted by molar-refractivity contribution is 5.15. The molecule has 0 aliphatic heterocycles. The first kappa shape index (κ1) is 15.6. The molecule has 0 aromatic heterocycles. The van der Waals surface area contributed by atoms with E-state index in [4.69, 9.17) is 0 Å². The molecule has 112 valence electrons. The van der Waals surface area contributed by atoms with Gasteiger partial charge in [-0.1, -0.05) is 57.0 Å². The van der Waals surface area contributed by atoms with E-state index < -0.39 is 0 Å². The fourth-order valence-corrected chi connectivity index (χ4v) is 3.87. The van der Waals surface area contributed by atoms with Gasteiger partial charge in [-0.25, -0.2) is 0 Å². The molecular weight excluding hydrogens is 242 g/mol. The number of rotatable bonds is 7. The average Bonchev–Trinajstić information content (AvgIpc) is 2.86. The van der Waals surface area contributed by atoms with E-state index >= 15 is 0 Å². The van der Waals surface area contributed by atoms with Gasteiger partial charge in [-0.05, 0) is 49.5 Å². The lowest BCUT2D eigenvalue weighted by Crippen LogP contribution is -2.39. The molecule has 1 N–H and O–H groups in total. The maximum Gasteiger partial charge on any atom is 0.00793 e. The first-order chi connectivity index (χ1) is 9.60. The Kier molecular flexibility index (Phi) is 5.65. The molecule has 0 saturated heterocycles. The van der Waals surface area contributed by atoms with Crippen LogP contribution in [0.25, 0.3) is 0 Å². The van der Waals surface area contributed by atoms with Crippen LogP contribution >= 0.6 is 0 Å². The zero-order chi connectivity index (χ0) is 14.4. The Morgan fingerprint density at radius 1 is 1.05 bits per heavy atom. The van der Waals surface area contributed by atoms with Crippen molar-refractivity contribution < 1.29 is 0 Å². The van der Waals surface area contributed by atoms with E-state index in [1.54, 1.807) is 0 Å². The molecule has 0 radical (unpaired) electrons. The minimum Gasteiger partial charge on any atom is -0.313 e. The summed E-state index contributed by atoms with van der Waals surface area (Å²) in [6.07, 6.45) is 8.24. The molecule has 1 unspecified atom stereocenters. The number of benzene rings is 1. The maximum absolute atomic E-state index is 3.82. The molecule has 20 heavy (non-hydrogen) atoms. The summed E-state index contributed by atoms with van der Waals surface area (Å²) in [5.74, 6) is 0.819. The minimum atomic E-state index is 0.571. The summed E-state index contributed by atoms with van der Waals surface area (Å²) < 4.78 is 0. The third kappa shape index (κ3) is 4.63. The lowest BCUT2D eigenvalue weighted by atomic mass is 9.78. The molecule has 1 aliphatic carbocycles. The van der Waals surface area contributed by atoms with Crippen LogP contribution in [0.1, 0.15) is 58.4 Å². The van der Waals surface area contributed by atoms with Gasteiger partial charge in [0, 0.05) is 12.6 Å². The van der Waals surface area contributed by atoms with Crippen molar-refractivity contribution in [1.82, 2.24) is 5.32 Å². The molecule has 0 amide bonds. The minimum absolute atomic E-state index is 0.571. The summed E-state index contributed by atoms with van der Waals surface area (Å²) in [5, 5.41) is 3.82. The fraction of sp³-hybridized carbons (Fsp3) is 0.684. The van der Waals surface area contributed by atoms with Gasteiger partial charge in [0.25, 0.3) is 0 Å². The van der Waals surface area contributed by atoms with Gasteiger partial charge in [0.1, 0.15) is 0 Å². The lowest BCUT2D eigenvalue weighted by Gasteiger charge is -2.32. The van der Waals surface area contributed by atoms with Crippen LogP contribution in [0.3, 0.4) is 0 Å². The van der Waals surface area contributed by atoms with Gasteiger partial charge in [-0.2, -0.15) is 0 Å². The molecule has 1 nitrogen and oxygen atoms in total. The molecule has 1 heteroatoms. The van der Waals surface area contributed by atoms with Crippen molar-refractivity contribution in [3.63, 3.8) is 0 Å². The molecule has 0 spiro atoms. The molecule has 0 bridgehead atoms. The number of nitrogens with one attached hydrogen (secondary N) is 1. The van der Waals surface area contributed by atoms with Gasteiger partial charge in [0.2, 0.25) is 0 Å².